The van der Waals surface area contributed by atoms with Gasteiger partial charge in [-0.3, -0.25) is 4.98 Å². The third kappa shape index (κ3) is 2.92. The number of carbonyl (C=O) groups is 1. The van der Waals surface area contributed by atoms with E-state index in [0.717, 1.165) is 5.56 Å². The van der Waals surface area contributed by atoms with Crippen LogP contribution in [0.4, 0.5) is 13.2 Å². The minimum atomic E-state index is -4.97. The first-order valence-corrected chi connectivity index (χ1v) is 6.25. The molecule has 118 valence electrons. The second-order valence-electron chi connectivity index (χ2n) is 5.65. The second-order valence-corrected chi connectivity index (χ2v) is 5.65. The van der Waals surface area contributed by atoms with Gasteiger partial charge in [0.15, 0.2) is 5.69 Å². The van der Waals surface area contributed by atoms with E-state index < -0.39 is 28.3 Å². The lowest BCUT2D eigenvalue weighted by Crippen LogP contribution is -2.23. The van der Waals surface area contributed by atoms with Gasteiger partial charge in [-0.1, -0.05) is 26.0 Å². The molecule has 0 bridgehead atoms. The van der Waals surface area contributed by atoms with Gasteiger partial charge in [-0.15, -0.1) is 23.0 Å². The molecule has 0 fully saturated rings. The zero-order valence-corrected chi connectivity index (χ0v) is 12.0. The number of nitrogens with zero attached hydrogens (tertiary/aromatic N) is 4. The van der Waals surface area contributed by atoms with Crippen molar-refractivity contribution in [2.24, 2.45) is 0 Å². The molecule has 0 aliphatic rings. The Morgan fingerprint density at radius 1 is 1.27 bits per heavy atom. The summed E-state index contributed by atoms with van der Waals surface area (Å²) >= 11 is 0. The van der Waals surface area contributed by atoms with Crippen molar-refractivity contribution in [3.05, 3.63) is 29.6 Å². The van der Waals surface area contributed by atoms with Crippen molar-refractivity contribution in [1.29, 1.82) is 0 Å². The first-order valence-electron chi connectivity index (χ1n) is 6.25. The molecule has 2 aromatic rings. The monoisotopic (exact) mass is 314 g/mol. The molecule has 0 saturated carbocycles. The van der Waals surface area contributed by atoms with Crippen LogP contribution in [0.3, 0.4) is 0 Å². The third-order valence-corrected chi connectivity index (χ3v) is 2.98. The first-order chi connectivity index (χ1) is 10.0. The Kier molecular flexibility index (Phi) is 3.68. The minimum Gasteiger partial charge on any atom is -0.476 e. The molecule has 2 rings (SSSR count). The maximum Gasteiger partial charge on any atom is 0.506 e. The van der Waals surface area contributed by atoms with Crippen LogP contribution in [-0.2, 0) is 11.7 Å². The molecule has 0 amide bonds. The number of halogens is 3. The zero-order valence-electron chi connectivity index (χ0n) is 12.0. The third-order valence-electron chi connectivity index (χ3n) is 2.98. The van der Waals surface area contributed by atoms with Crippen LogP contribution < -0.4 is 0 Å². The van der Waals surface area contributed by atoms with Crippen molar-refractivity contribution >= 4 is 5.97 Å². The maximum atomic E-state index is 12.8. The fraction of sp³-hybridized carbons (Fsp3) is 0.385. The summed E-state index contributed by atoms with van der Waals surface area (Å²) in [6.07, 6.45) is -3.57. The summed E-state index contributed by atoms with van der Waals surface area (Å²) < 4.78 is 37.8. The van der Waals surface area contributed by atoms with E-state index in [4.69, 9.17) is 5.11 Å². The molecular weight excluding hydrogens is 301 g/mol. The van der Waals surface area contributed by atoms with Gasteiger partial charge in [0.1, 0.15) is 5.69 Å². The summed E-state index contributed by atoms with van der Waals surface area (Å²) in [5.74, 6) is -1.78. The molecule has 2 aromatic heterocycles. The van der Waals surface area contributed by atoms with Crippen LogP contribution in [0, 0.1) is 0 Å². The number of hydrogen-bond acceptors (Lipinski definition) is 4. The molecular formula is C13H13F3N4O2. The number of hydrogen-bond donors (Lipinski definition) is 1. The van der Waals surface area contributed by atoms with Crippen molar-refractivity contribution in [2.45, 2.75) is 32.5 Å². The van der Waals surface area contributed by atoms with Gasteiger partial charge in [0.2, 0.25) is 0 Å². The highest BCUT2D eigenvalue weighted by Crippen LogP contribution is 2.30. The van der Waals surface area contributed by atoms with Crippen LogP contribution in [0.15, 0.2) is 18.3 Å². The standard InChI is InChI=1S/C13H13F3N4O2/c1-12(2,3)7-4-5-17-8(6-7)9-10(11(21)22)20(19-18-9)13(14,15)16/h4-6H,1-3H3,(H,21,22). The van der Waals surface area contributed by atoms with Gasteiger partial charge in [-0.2, -0.15) is 0 Å². The van der Waals surface area contributed by atoms with Gasteiger partial charge < -0.3 is 5.11 Å². The summed E-state index contributed by atoms with van der Waals surface area (Å²) in [7, 11) is 0. The Morgan fingerprint density at radius 3 is 2.41 bits per heavy atom. The predicted molar refractivity (Wildman–Crippen MR) is 70.2 cm³/mol. The van der Waals surface area contributed by atoms with Gasteiger partial charge >= 0.3 is 12.3 Å². The Morgan fingerprint density at radius 2 is 1.91 bits per heavy atom. The van der Waals surface area contributed by atoms with E-state index in [9.17, 15) is 18.0 Å². The van der Waals surface area contributed by atoms with Crippen molar-refractivity contribution in [3.8, 4) is 11.4 Å². The summed E-state index contributed by atoms with van der Waals surface area (Å²) in [5.41, 5.74) is -0.945. The number of alkyl halides is 3. The van der Waals surface area contributed by atoms with Crippen LogP contribution in [0.1, 0.15) is 36.8 Å². The summed E-state index contributed by atoms with van der Waals surface area (Å²) in [4.78, 5) is 15.1. The highest BCUT2D eigenvalue weighted by atomic mass is 19.4. The van der Waals surface area contributed by atoms with E-state index >= 15 is 0 Å². The second kappa shape index (κ2) is 5.08. The summed E-state index contributed by atoms with van der Waals surface area (Å²) in [6.45, 7) is 5.74. The number of aromatic nitrogens is 4. The number of carboxylic acid groups (broad SMARTS) is 1. The van der Waals surface area contributed by atoms with E-state index in [2.05, 4.69) is 15.3 Å². The average Bonchev–Trinajstić information content (AvgIpc) is 2.82. The van der Waals surface area contributed by atoms with Gasteiger partial charge in [0.05, 0.1) is 5.69 Å². The number of rotatable bonds is 2. The van der Waals surface area contributed by atoms with Crippen LogP contribution >= 0.6 is 0 Å². The molecule has 0 saturated heterocycles. The van der Waals surface area contributed by atoms with Crippen LogP contribution in [0.2, 0.25) is 0 Å². The van der Waals surface area contributed by atoms with E-state index in [1.807, 2.05) is 20.8 Å². The lowest BCUT2D eigenvalue weighted by atomic mass is 9.87. The smallest absolute Gasteiger partial charge is 0.476 e. The Bertz CT molecular complexity index is 717. The van der Waals surface area contributed by atoms with Crippen molar-refractivity contribution in [1.82, 2.24) is 20.0 Å². The highest BCUT2D eigenvalue weighted by Gasteiger charge is 2.39. The molecule has 0 aliphatic heterocycles. The molecule has 0 unspecified atom stereocenters. The van der Waals surface area contributed by atoms with Gasteiger partial charge in [-0.05, 0) is 23.1 Å². The van der Waals surface area contributed by atoms with Crippen LogP contribution in [0.5, 0.6) is 0 Å². The first kappa shape index (κ1) is 15.9. The lowest BCUT2D eigenvalue weighted by Gasteiger charge is -2.19. The van der Waals surface area contributed by atoms with E-state index in [0.29, 0.717) is 0 Å². The fourth-order valence-corrected chi connectivity index (χ4v) is 1.85. The van der Waals surface area contributed by atoms with E-state index in [-0.39, 0.29) is 11.1 Å². The Balaban J connectivity index is 2.64. The fourth-order valence-electron chi connectivity index (χ4n) is 1.85. The highest BCUT2D eigenvalue weighted by molar-refractivity contribution is 5.92. The molecule has 9 heteroatoms. The molecule has 0 atom stereocenters. The molecule has 0 aliphatic carbocycles. The molecule has 6 nitrogen and oxygen atoms in total. The van der Waals surface area contributed by atoms with E-state index in [1.54, 1.807) is 6.07 Å². The normalized spacial score (nSPS) is 12.5. The van der Waals surface area contributed by atoms with Crippen molar-refractivity contribution < 1.29 is 23.1 Å². The van der Waals surface area contributed by atoms with Crippen LogP contribution in [0.25, 0.3) is 11.4 Å². The predicted octanol–water partition coefficient (Wildman–Crippen LogP) is 2.81. The lowest BCUT2D eigenvalue weighted by molar-refractivity contribution is -0.214. The number of pyridine rings is 1. The summed E-state index contributed by atoms with van der Waals surface area (Å²) in [6, 6.07) is 3.22. The molecule has 0 spiro atoms. The molecule has 0 radical (unpaired) electrons. The number of carboxylic acids is 1. The molecule has 0 aromatic carbocycles. The van der Waals surface area contributed by atoms with Gasteiger partial charge in [0, 0.05) is 6.20 Å². The largest absolute Gasteiger partial charge is 0.506 e. The topological polar surface area (TPSA) is 80.9 Å². The minimum absolute atomic E-state index is 0.0281. The Hall–Kier alpha value is -2.45. The van der Waals surface area contributed by atoms with Crippen LogP contribution in [-0.4, -0.2) is 31.1 Å². The Labute approximate surface area is 123 Å². The summed E-state index contributed by atoms with van der Waals surface area (Å²) in [5, 5.41) is 15.3. The quantitative estimate of drug-likeness (QED) is 0.922. The zero-order chi connectivity index (χ0) is 16.7. The number of aromatic carboxylic acids is 1. The van der Waals surface area contributed by atoms with Crippen molar-refractivity contribution in [3.63, 3.8) is 0 Å². The molecule has 22 heavy (non-hydrogen) atoms. The molecule has 1 N–H and O–H groups in total. The van der Waals surface area contributed by atoms with Crippen molar-refractivity contribution in [2.75, 3.05) is 0 Å². The molecule has 2 heterocycles. The maximum absolute atomic E-state index is 12.8. The SMILES string of the molecule is CC(C)(C)c1ccnc(-c2nnn(C(F)(F)F)c2C(=O)O)c1. The van der Waals surface area contributed by atoms with Gasteiger partial charge in [0.25, 0.3) is 0 Å². The average molecular weight is 314 g/mol. The van der Waals surface area contributed by atoms with Gasteiger partial charge in [-0.25, -0.2) is 4.79 Å². The van der Waals surface area contributed by atoms with E-state index in [1.165, 1.54) is 12.3 Å².